The zero-order valence-corrected chi connectivity index (χ0v) is 12.5. The number of benzene rings is 1. The van der Waals surface area contributed by atoms with E-state index in [2.05, 4.69) is 5.32 Å². The molecule has 1 rings (SSSR count). The third-order valence-electron chi connectivity index (χ3n) is 2.89. The Hall–Kier alpha value is -1.70. The summed E-state index contributed by atoms with van der Waals surface area (Å²) in [5, 5.41) is 23.3. The molecule has 8 heteroatoms. The van der Waals surface area contributed by atoms with Crippen LogP contribution < -0.4 is 5.32 Å². The van der Waals surface area contributed by atoms with Crippen LogP contribution in [-0.4, -0.2) is 41.8 Å². The summed E-state index contributed by atoms with van der Waals surface area (Å²) in [6.07, 6.45) is 0.321. The molecule has 0 bridgehead atoms. The molecule has 2 N–H and O–H groups in total. The van der Waals surface area contributed by atoms with E-state index in [1.807, 2.05) is 0 Å². The molecule has 21 heavy (non-hydrogen) atoms. The van der Waals surface area contributed by atoms with E-state index in [0.717, 1.165) is 0 Å². The number of rotatable bonds is 7. The molecule has 0 heterocycles. The summed E-state index contributed by atoms with van der Waals surface area (Å²) < 4.78 is 4.86. The van der Waals surface area contributed by atoms with Crippen molar-refractivity contribution in [2.24, 2.45) is 0 Å². The summed E-state index contributed by atoms with van der Waals surface area (Å²) in [5.41, 5.74) is -1.76. The molecular formula is C13H17ClN2O5. The zero-order valence-electron chi connectivity index (χ0n) is 11.8. The highest BCUT2D eigenvalue weighted by Gasteiger charge is 2.26. The number of aliphatic hydroxyl groups is 1. The van der Waals surface area contributed by atoms with Crippen LogP contribution >= 0.6 is 11.6 Å². The number of para-hydroxylation sites is 1. The molecule has 1 unspecified atom stereocenters. The summed E-state index contributed by atoms with van der Waals surface area (Å²) in [6.45, 7) is 1.82. The van der Waals surface area contributed by atoms with Crippen LogP contribution in [0, 0.1) is 10.1 Å². The van der Waals surface area contributed by atoms with E-state index < -0.39 is 22.1 Å². The van der Waals surface area contributed by atoms with Gasteiger partial charge in [-0.05, 0) is 19.1 Å². The minimum Gasteiger partial charge on any atom is -0.388 e. The van der Waals surface area contributed by atoms with Gasteiger partial charge in [0.1, 0.15) is 10.6 Å². The molecule has 0 spiro atoms. The lowest BCUT2D eigenvalue weighted by Gasteiger charge is -2.23. The van der Waals surface area contributed by atoms with Gasteiger partial charge < -0.3 is 15.2 Å². The maximum Gasteiger partial charge on any atom is 0.300 e. The van der Waals surface area contributed by atoms with Crippen molar-refractivity contribution in [1.82, 2.24) is 5.32 Å². The molecule has 0 radical (unpaired) electrons. The van der Waals surface area contributed by atoms with Crippen molar-refractivity contribution in [3.05, 3.63) is 38.9 Å². The molecule has 0 aliphatic heterocycles. The second kappa shape index (κ2) is 7.35. The molecule has 0 saturated heterocycles. The number of carbonyl (C=O) groups excluding carboxylic acids is 1. The second-order valence-electron chi connectivity index (χ2n) is 4.82. The number of hydrogen-bond donors (Lipinski definition) is 2. The molecule has 1 atom stereocenters. The first-order valence-corrected chi connectivity index (χ1v) is 6.59. The van der Waals surface area contributed by atoms with Gasteiger partial charge in [-0.3, -0.25) is 14.9 Å². The van der Waals surface area contributed by atoms with E-state index in [4.69, 9.17) is 16.3 Å². The molecule has 0 fully saturated rings. The van der Waals surface area contributed by atoms with Gasteiger partial charge in [0.05, 0.1) is 10.5 Å². The summed E-state index contributed by atoms with van der Waals surface area (Å²) in [6, 6.07) is 4.10. The Kier molecular flexibility index (Phi) is 6.07. The van der Waals surface area contributed by atoms with Crippen LogP contribution in [-0.2, 0) is 4.74 Å². The first-order valence-electron chi connectivity index (χ1n) is 6.21. The molecular weight excluding hydrogens is 300 g/mol. The van der Waals surface area contributed by atoms with Crippen molar-refractivity contribution in [3.63, 3.8) is 0 Å². The van der Waals surface area contributed by atoms with Crippen LogP contribution in [0.4, 0.5) is 5.69 Å². The van der Waals surface area contributed by atoms with Crippen molar-refractivity contribution in [1.29, 1.82) is 0 Å². The monoisotopic (exact) mass is 316 g/mol. The lowest BCUT2D eigenvalue weighted by Crippen LogP contribution is -2.41. The van der Waals surface area contributed by atoms with Gasteiger partial charge in [0, 0.05) is 26.7 Å². The topological polar surface area (TPSA) is 102 Å². The number of ether oxygens (including phenoxy) is 1. The van der Waals surface area contributed by atoms with Gasteiger partial charge in [-0.2, -0.15) is 0 Å². The molecule has 1 aromatic rings. The summed E-state index contributed by atoms with van der Waals surface area (Å²) in [5.74, 6) is -0.665. The van der Waals surface area contributed by atoms with Gasteiger partial charge in [0.25, 0.3) is 5.91 Å². The fourth-order valence-corrected chi connectivity index (χ4v) is 1.90. The number of methoxy groups -OCH3 is 1. The highest BCUT2D eigenvalue weighted by atomic mass is 35.5. The van der Waals surface area contributed by atoms with Crippen molar-refractivity contribution in [2.75, 3.05) is 20.3 Å². The van der Waals surface area contributed by atoms with Gasteiger partial charge >= 0.3 is 5.69 Å². The summed E-state index contributed by atoms with van der Waals surface area (Å²) in [4.78, 5) is 22.3. The molecule has 0 aromatic heterocycles. The standard InChI is InChI=1S/C13H17ClN2O5/c1-13(18,6-7-21-2)8-15-12(17)9-4-3-5-10(14)11(9)16(19)20/h3-5,18H,6-8H2,1-2H3,(H,15,17). The molecule has 1 aromatic carbocycles. The van der Waals surface area contributed by atoms with Gasteiger partial charge in [0.15, 0.2) is 0 Å². The number of carbonyl (C=O) groups is 1. The molecule has 0 aliphatic carbocycles. The van der Waals surface area contributed by atoms with E-state index in [9.17, 15) is 20.0 Å². The van der Waals surface area contributed by atoms with Gasteiger partial charge in [-0.1, -0.05) is 17.7 Å². The van der Waals surface area contributed by atoms with Crippen molar-refractivity contribution in [2.45, 2.75) is 18.9 Å². The number of hydrogen-bond acceptors (Lipinski definition) is 5. The molecule has 0 saturated carbocycles. The maximum atomic E-state index is 12.0. The lowest BCUT2D eigenvalue weighted by atomic mass is 10.0. The summed E-state index contributed by atoms with van der Waals surface area (Å²) in [7, 11) is 1.50. The first-order chi connectivity index (χ1) is 9.78. The minimum absolute atomic E-state index is 0.0567. The Bertz CT molecular complexity index is 533. The van der Waals surface area contributed by atoms with Crippen molar-refractivity contribution in [3.8, 4) is 0 Å². The van der Waals surface area contributed by atoms with Crippen LogP contribution in [0.15, 0.2) is 18.2 Å². The number of nitro benzene ring substituents is 1. The van der Waals surface area contributed by atoms with Gasteiger partial charge in [-0.15, -0.1) is 0 Å². The highest BCUT2D eigenvalue weighted by Crippen LogP contribution is 2.28. The fraction of sp³-hybridized carbons (Fsp3) is 0.462. The lowest BCUT2D eigenvalue weighted by molar-refractivity contribution is -0.385. The molecule has 0 aliphatic rings. The van der Waals surface area contributed by atoms with Gasteiger partial charge in [0.2, 0.25) is 0 Å². The number of nitrogens with zero attached hydrogens (tertiary/aromatic N) is 1. The van der Waals surface area contributed by atoms with E-state index in [1.165, 1.54) is 25.3 Å². The first kappa shape index (κ1) is 17.4. The average Bonchev–Trinajstić information content (AvgIpc) is 2.42. The quantitative estimate of drug-likeness (QED) is 0.589. The van der Waals surface area contributed by atoms with Crippen LogP contribution in [0.1, 0.15) is 23.7 Å². The molecule has 116 valence electrons. The predicted octanol–water partition coefficient (Wildman–Crippen LogP) is 1.77. The van der Waals surface area contributed by atoms with Crippen LogP contribution in [0.2, 0.25) is 5.02 Å². The largest absolute Gasteiger partial charge is 0.388 e. The molecule has 1 amide bonds. The number of halogens is 1. The Morgan fingerprint density at radius 2 is 2.24 bits per heavy atom. The smallest absolute Gasteiger partial charge is 0.300 e. The van der Waals surface area contributed by atoms with Crippen LogP contribution in [0.3, 0.4) is 0 Å². The summed E-state index contributed by atoms with van der Waals surface area (Å²) >= 11 is 5.74. The Labute approximate surface area is 127 Å². The van der Waals surface area contributed by atoms with Gasteiger partial charge in [-0.25, -0.2) is 0 Å². The predicted molar refractivity (Wildman–Crippen MR) is 77.6 cm³/mol. The maximum absolute atomic E-state index is 12.0. The normalized spacial score (nSPS) is 13.5. The van der Waals surface area contributed by atoms with Crippen LogP contribution in [0.5, 0.6) is 0 Å². The Morgan fingerprint density at radius 3 is 2.81 bits per heavy atom. The van der Waals surface area contributed by atoms with Crippen molar-refractivity contribution >= 4 is 23.2 Å². The molecule has 7 nitrogen and oxygen atoms in total. The Balaban J connectivity index is 2.82. The minimum atomic E-state index is -1.17. The zero-order chi connectivity index (χ0) is 16.0. The van der Waals surface area contributed by atoms with E-state index in [-0.39, 0.29) is 17.1 Å². The van der Waals surface area contributed by atoms with E-state index >= 15 is 0 Å². The fourth-order valence-electron chi connectivity index (χ4n) is 1.66. The van der Waals surface area contributed by atoms with Crippen molar-refractivity contribution < 1.29 is 19.6 Å². The third kappa shape index (κ3) is 4.96. The average molecular weight is 317 g/mol. The number of nitro groups is 1. The SMILES string of the molecule is COCCC(C)(O)CNC(=O)c1cccc(Cl)c1[N+](=O)[O-]. The van der Waals surface area contributed by atoms with E-state index in [1.54, 1.807) is 6.92 Å². The third-order valence-corrected chi connectivity index (χ3v) is 3.19. The Morgan fingerprint density at radius 1 is 1.57 bits per heavy atom. The highest BCUT2D eigenvalue weighted by molar-refractivity contribution is 6.33. The number of nitrogens with one attached hydrogen (secondary N) is 1. The number of amides is 1. The van der Waals surface area contributed by atoms with E-state index in [0.29, 0.717) is 13.0 Å². The second-order valence-corrected chi connectivity index (χ2v) is 5.22. The van der Waals surface area contributed by atoms with Crippen LogP contribution in [0.25, 0.3) is 0 Å².